The molecule has 0 bridgehead atoms. The standard InChI is InChI=1S/C13H17N3O3S2/c1-7-6-9-10(8(2)16-7)11(14)12(20-9)13(17)15-4-5-21(3,18)19/h6H,4-5,14H2,1-3H3,(H,15,17). The maximum absolute atomic E-state index is 12.1. The van der Waals surface area contributed by atoms with Crippen molar-refractivity contribution in [3.63, 3.8) is 0 Å². The molecule has 0 spiro atoms. The van der Waals surface area contributed by atoms with Gasteiger partial charge in [0.2, 0.25) is 0 Å². The summed E-state index contributed by atoms with van der Waals surface area (Å²) in [5, 5.41) is 3.37. The van der Waals surface area contributed by atoms with E-state index in [0.717, 1.165) is 27.7 Å². The minimum atomic E-state index is -3.10. The third kappa shape index (κ3) is 3.51. The van der Waals surface area contributed by atoms with E-state index < -0.39 is 9.84 Å². The number of nitrogens with one attached hydrogen (secondary N) is 1. The first-order valence-electron chi connectivity index (χ1n) is 6.31. The van der Waals surface area contributed by atoms with Crippen LogP contribution in [0.2, 0.25) is 0 Å². The first-order valence-corrected chi connectivity index (χ1v) is 9.19. The molecule has 0 fully saturated rings. The molecule has 0 aliphatic heterocycles. The molecule has 0 aromatic carbocycles. The van der Waals surface area contributed by atoms with Gasteiger partial charge < -0.3 is 11.1 Å². The molecule has 21 heavy (non-hydrogen) atoms. The fourth-order valence-electron chi connectivity index (χ4n) is 2.08. The second-order valence-corrected chi connectivity index (χ2v) is 8.26. The van der Waals surface area contributed by atoms with Crippen molar-refractivity contribution in [3.05, 3.63) is 22.3 Å². The van der Waals surface area contributed by atoms with Gasteiger partial charge in [0.15, 0.2) is 0 Å². The van der Waals surface area contributed by atoms with Crippen molar-refractivity contribution < 1.29 is 13.2 Å². The molecular formula is C13H17N3O3S2. The number of aromatic nitrogens is 1. The molecule has 2 aromatic heterocycles. The molecular weight excluding hydrogens is 310 g/mol. The van der Waals surface area contributed by atoms with Crippen molar-refractivity contribution in [1.82, 2.24) is 10.3 Å². The molecule has 0 unspecified atom stereocenters. The Balaban J connectivity index is 2.28. The third-order valence-electron chi connectivity index (χ3n) is 2.98. The van der Waals surface area contributed by atoms with Crippen LogP contribution in [0.15, 0.2) is 6.07 Å². The number of amides is 1. The van der Waals surface area contributed by atoms with Crippen LogP contribution in [0.3, 0.4) is 0 Å². The zero-order chi connectivity index (χ0) is 15.8. The Morgan fingerprint density at radius 2 is 2.10 bits per heavy atom. The van der Waals surface area contributed by atoms with Gasteiger partial charge in [-0.2, -0.15) is 0 Å². The second-order valence-electron chi connectivity index (χ2n) is 4.95. The fourth-order valence-corrected chi connectivity index (χ4v) is 3.74. The molecule has 114 valence electrons. The van der Waals surface area contributed by atoms with E-state index in [4.69, 9.17) is 5.73 Å². The highest BCUT2D eigenvalue weighted by atomic mass is 32.2. The molecule has 2 aromatic rings. The van der Waals surface area contributed by atoms with Crippen molar-refractivity contribution >= 4 is 42.9 Å². The van der Waals surface area contributed by atoms with Crippen LogP contribution in [0, 0.1) is 13.8 Å². The fraction of sp³-hybridized carbons (Fsp3) is 0.385. The number of rotatable bonds is 4. The summed E-state index contributed by atoms with van der Waals surface area (Å²) in [4.78, 5) is 16.9. The summed E-state index contributed by atoms with van der Waals surface area (Å²) in [5.41, 5.74) is 8.09. The van der Waals surface area contributed by atoms with E-state index in [1.165, 1.54) is 11.3 Å². The van der Waals surface area contributed by atoms with Crippen LogP contribution in [0.4, 0.5) is 5.69 Å². The highest BCUT2D eigenvalue weighted by Gasteiger charge is 2.18. The lowest BCUT2D eigenvalue weighted by Gasteiger charge is -2.03. The topological polar surface area (TPSA) is 102 Å². The predicted molar refractivity (Wildman–Crippen MR) is 85.6 cm³/mol. The van der Waals surface area contributed by atoms with E-state index in [1.54, 1.807) is 0 Å². The lowest BCUT2D eigenvalue weighted by atomic mass is 10.2. The molecule has 0 aliphatic rings. The number of nitrogen functional groups attached to an aromatic ring is 1. The SMILES string of the molecule is Cc1cc2sc(C(=O)NCCS(C)(=O)=O)c(N)c2c(C)n1. The summed E-state index contributed by atoms with van der Waals surface area (Å²) in [6, 6.07) is 1.89. The van der Waals surface area contributed by atoms with E-state index in [0.29, 0.717) is 10.6 Å². The smallest absolute Gasteiger partial charge is 0.263 e. The van der Waals surface area contributed by atoms with Crippen molar-refractivity contribution in [2.75, 3.05) is 24.3 Å². The number of nitrogens with zero attached hydrogens (tertiary/aromatic N) is 1. The minimum Gasteiger partial charge on any atom is -0.397 e. The van der Waals surface area contributed by atoms with Crippen LogP contribution in [0.1, 0.15) is 21.1 Å². The Bertz CT molecular complexity index is 810. The number of anilines is 1. The molecule has 2 rings (SSSR count). The molecule has 0 radical (unpaired) electrons. The van der Waals surface area contributed by atoms with Crippen molar-refractivity contribution in [2.45, 2.75) is 13.8 Å². The van der Waals surface area contributed by atoms with E-state index >= 15 is 0 Å². The number of fused-ring (bicyclic) bond motifs is 1. The van der Waals surface area contributed by atoms with Crippen LogP contribution in [0.25, 0.3) is 10.1 Å². The van der Waals surface area contributed by atoms with Gasteiger partial charge in [-0.1, -0.05) is 0 Å². The van der Waals surface area contributed by atoms with E-state index in [2.05, 4.69) is 10.3 Å². The van der Waals surface area contributed by atoms with E-state index in [1.807, 2.05) is 19.9 Å². The number of aryl methyl sites for hydroxylation is 2. The summed E-state index contributed by atoms with van der Waals surface area (Å²) in [5.74, 6) is -0.446. The summed E-state index contributed by atoms with van der Waals surface area (Å²) < 4.78 is 23.0. The number of carbonyl (C=O) groups is 1. The Labute approximate surface area is 127 Å². The van der Waals surface area contributed by atoms with Gasteiger partial charge in [-0.15, -0.1) is 11.3 Å². The van der Waals surface area contributed by atoms with Crippen LogP contribution >= 0.6 is 11.3 Å². The van der Waals surface area contributed by atoms with Crippen LogP contribution < -0.4 is 11.1 Å². The normalized spacial score (nSPS) is 11.8. The zero-order valence-electron chi connectivity index (χ0n) is 12.1. The zero-order valence-corrected chi connectivity index (χ0v) is 13.7. The monoisotopic (exact) mass is 327 g/mol. The van der Waals surface area contributed by atoms with Crippen LogP contribution in [-0.4, -0.2) is 37.9 Å². The first-order chi connectivity index (χ1) is 9.69. The van der Waals surface area contributed by atoms with Gasteiger partial charge in [0.1, 0.15) is 14.7 Å². The van der Waals surface area contributed by atoms with Gasteiger partial charge in [-0.05, 0) is 19.9 Å². The summed E-state index contributed by atoms with van der Waals surface area (Å²) in [7, 11) is -3.10. The maximum atomic E-state index is 12.1. The maximum Gasteiger partial charge on any atom is 0.263 e. The van der Waals surface area contributed by atoms with E-state index in [-0.39, 0.29) is 18.2 Å². The Hall–Kier alpha value is -1.67. The molecule has 6 nitrogen and oxygen atoms in total. The number of hydrogen-bond acceptors (Lipinski definition) is 6. The van der Waals surface area contributed by atoms with Crippen LogP contribution in [0.5, 0.6) is 0 Å². The summed E-state index contributed by atoms with van der Waals surface area (Å²) in [6.07, 6.45) is 1.13. The van der Waals surface area contributed by atoms with Crippen molar-refractivity contribution in [1.29, 1.82) is 0 Å². The van der Waals surface area contributed by atoms with Crippen molar-refractivity contribution in [2.24, 2.45) is 0 Å². The van der Waals surface area contributed by atoms with Gasteiger partial charge in [0.25, 0.3) is 5.91 Å². The lowest BCUT2D eigenvalue weighted by Crippen LogP contribution is -2.28. The second kappa shape index (κ2) is 5.61. The molecule has 8 heteroatoms. The highest BCUT2D eigenvalue weighted by Crippen LogP contribution is 2.35. The molecule has 0 saturated carbocycles. The average Bonchev–Trinajstić information content (AvgIpc) is 2.64. The number of sulfone groups is 1. The van der Waals surface area contributed by atoms with Gasteiger partial charge in [0, 0.05) is 34.3 Å². The van der Waals surface area contributed by atoms with Crippen LogP contribution in [-0.2, 0) is 9.84 Å². The summed E-state index contributed by atoms with van der Waals surface area (Å²) in [6.45, 7) is 3.81. The lowest BCUT2D eigenvalue weighted by molar-refractivity contribution is 0.0961. The first kappa shape index (κ1) is 15.7. The quantitative estimate of drug-likeness (QED) is 0.880. The molecule has 0 atom stereocenters. The average molecular weight is 327 g/mol. The number of thiophene rings is 1. The third-order valence-corrected chi connectivity index (χ3v) is 5.08. The Kier molecular flexibility index (Phi) is 4.20. The Morgan fingerprint density at radius 3 is 2.71 bits per heavy atom. The number of pyridine rings is 1. The number of carbonyl (C=O) groups excluding carboxylic acids is 1. The summed E-state index contributed by atoms with van der Waals surface area (Å²) >= 11 is 1.29. The molecule has 1 amide bonds. The van der Waals surface area contributed by atoms with Gasteiger partial charge in [-0.25, -0.2) is 8.42 Å². The molecule has 0 saturated heterocycles. The van der Waals surface area contributed by atoms with Crippen molar-refractivity contribution in [3.8, 4) is 0 Å². The molecule has 2 heterocycles. The van der Waals surface area contributed by atoms with Gasteiger partial charge in [0.05, 0.1) is 11.4 Å². The van der Waals surface area contributed by atoms with Gasteiger partial charge >= 0.3 is 0 Å². The minimum absolute atomic E-state index is 0.0710. The highest BCUT2D eigenvalue weighted by molar-refractivity contribution is 7.90. The predicted octanol–water partition coefficient (Wildman–Crippen LogP) is 1.27. The number of nitrogens with two attached hydrogens (primary N) is 1. The molecule has 3 N–H and O–H groups in total. The molecule has 0 aliphatic carbocycles. The Morgan fingerprint density at radius 1 is 1.43 bits per heavy atom. The van der Waals surface area contributed by atoms with E-state index in [9.17, 15) is 13.2 Å². The largest absolute Gasteiger partial charge is 0.397 e. The van der Waals surface area contributed by atoms with Gasteiger partial charge in [-0.3, -0.25) is 9.78 Å². The number of hydrogen-bond donors (Lipinski definition) is 2.